The normalized spacial score (nSPS) is 13.2. The fraction of sp³-hybridized carbons (Fsp3) is 0.364. The van der Waals surface area contributed by atoms with Crippen molar-refractivity contribution >= 4 is 15.8 Å². The lowest BCUT2D eigenvalue weighted by molar-refractivity contribution is -0.136. The Kier molecular flexibility index (Phi) is 4.11. The third-order valence-electron chi connectivity index (χ3n) is 2.36. The molecule has 0 aliphatic carbocycles. The van der Waals surface area contributed by atoms with Crippen molar-refractivity contribution in [2.24, 2.45) is 0 Å². The van der Waals surface area contributed by atoms with Crippen molar-refractivity contribution < 1.29 is 23.4 Å². The lowest BCUT2D eigenvalue weighted by atomic mass is 10.2. The smallest absolute Gasteiger partial charge is 0.321 e. The number of benzene rings is 1. The number of aromatic hydroxyl groups is 1. The van der Waals surface area contributed by atoms with Gasteiger partial charge < -0.3 is 10.2 Å². The molecule has 1 unspecified atom stereocenters. The Balaban J connectivity index is 2.97. The van der Waals surface area contributed by atoms with Crippen LogP contribution in [0.15, 0.2) is 24.3 Å². The minimum atomic E-state index is -3.75. The van der Waals surface area contributed by atoms with Crippen LogP contribution in [0.4, 0.5) is 0 Å². The van der Waals surface area contributed by atoms with E-state index in [4.69, 9.17) is 5.11 Å². The van der Waals surface area contributed by atoms with E-state index in [9.17, 15) is 18.3 Å². The number of hydrogen-bond acceptors (Lipinski definition) is 4. The minimum Gasteiger partial charge on any atom is -0.508 e. The summed E-state index contributed by atoms with van der Waals surface area (Å²) in [6.07, 6.45) is 0.0243. The van der Waals surface area contributed by atoms with Crippen LogP contribution in [0, 0.1) is 0 Å². The predicted octanol–water partition coefficient (Wildman–Crippen LogP) is 1.17. The number of rotatable bonds is 5. The Morgan fingerprint density at radius 1 is 1.41 bits per heavy atom. The molecule has 6 heteroatoms. The molecule has 1 aromatic rings. The summed E-state index contributed by atoms with van der Waals surface area (Å²) in [6.45, 7) is 1.51. The molecule has 1 atom stereocenters. The number of sulfone groups is 1. The third-order valence-corrected chi connectivity index (χ3v) is 4.50. The molecule has 0 aromatic heterocycles. The number of phenols is 1. The average Bonchev–Trinajstić information content (AvgIpc) is 2.16. The first kappa shape index (κ1) is 13.5. The van der Waals surface area contributed by atoms with Crippen LogP contribution in [-0.2, 0) is 20.4 Å². The topological polar surface area (TPSA) is 91.7 Å². The molecule has 0 bridgehead atoms. The molecule has 94 valence electrons. The van der Waals surface area contributed by atoms with Crippen molar-refractivity contribution in [3.8, 4) is 5.75 Å². The van der Waals surface area contributed by atoms with Gasteiger partial charge in [0.25, 0.3) is 0 Å². The van der Waals surface area contributed by atoms with Gasteiger partial charge in [-0.15, -0.1) is 0 Å². The second-order valence-electron chi connectivity index (χ2n) is 3.71. The maximum absolute atomic E-state index is 11.8. The predicted molar refractivity (Wildman–Crippen MR) is 62.4 cm³/mol. The Morgan fingerprint density at radius 2 is 2.06 bits per heavy atom. The summed E-state index contributed by atoms with van der Waals surface area (Å²) in [5.41, 5.74) is 0.379. The number of aliphatic carboxylic acids is 1. The third kappa shape index (κ3) is 3.45. The van der Waals surface area contributed by atoms with E-state index in [2.05, 4.69) is 0 Å². The molecule has 0 fully saturated rings. The van der Waals surface area contributed by atoms with E-state index in [0.29, 0.717) is 5.56 Å². The van der Waals surface area contributed by atoms with Crippen molar-refractivity contribution in [3.05, 3.63) is 29.8 Å². The molecule has 0 aliphatic heterocycles. The molecule has 2 N–H and O–H groups in total. The fourth-order valence-electron chi connectivity index (χ4n) is 1.56. The van der Waals surface area contributed by atoms with Crippen molar-refractivity contribution in [1.29, 1.82) is 0 Å². The molecule has 1 aromatic carbocycles. The fourth-order valence-corrected chi connectivity index (χ4v) is 3.22. The molecule has 0 amide bonds. The second kappa shape index (κ2) is 5.18. The second-order valence-corrected chi connectivity index (χ2v) is 5.90. The highest BCUT2D eigenvalue weighted by Gasteiger charge is 2.30. The number of hydrogen-bond donors (Lipinski definition) is 2. The van der Waals surface area contributed by atoms with Gasteiger partial charge >= 0.3 is 5.97 Å². The molecule has 0 saturated heterocycles. The van der Waals surface area contributed by atoms with Crippen LogP contribution in [0.5, 0.6) is 5.75 Å². The van der Waals surface area contributed by atoms with E-state index >= 15 is 0 Å². The van der Waals surface area contributed by atoms with Gasteiger partial charge in [0.15, 0.2) is 15.1 Å². The molecule has 17 heavy (non-hydrogen) atoms. The minimum absolute atomic E-state index is 0.0243. The van der Waals surface area contributed by atoms with Crippen LogP contribution >= 0.6 is 0 Å². The molecule has 0 aliphatic rings. The first-order valence-electron chi connectivity index (χ1n) is 5.09. The van der Waals surface area contributed by atoms with Gasteiger partial charge in [-0.2, -0.15) is 0 Å². The van der Waals surface area contributed by atoms with Gasteiger partial charge in [-0.25, -0.2) is 8.42 Å². The quantitative estimate of drug-likeness (QED) is 0.827. The maximum atomic E-state index is 11.8. The Morgan fingerprint density at radius 3 is 2.53 bits per heavy atom. The Labute approximate surface area is 99.6 Å². The van der Waals surface area contributed by atoms with Gasteiger partial charge in [0.1, 0.15) is 5.75 Å². The summed E-state index contributed by atoms with van der Waals surface area (Å²) >= 11 is 0. The van der Waals surface area contributed by atoms with Crippen LogP contribution in [0.3, 0.4) is 0 Å². The molecule has 5 nitrogen and oxygen atoms in total. The number of carboxylic acids is 1. The van der Waals surface area contributed by atoms with E-state index in [1.54, 1.807) is 0 Å². The van der Waals surface area contributed by atoms with E-state index < -0.39 is 21.1 Å². The van der Waals surface area contributed by atoms with Gasteiger partial charge in [0.2, 0.25) is 0 Å². The summed E-state index contributed by atoms with van der Waals surface area (Å²) < 4.78 is 23.6. The van der Waals surface area contributed by atoms with Crippen molar-refractivity contribution in [2.45, 2.75) is 24.3 Å². The Bertz CT molecular complexity index is 506. The molecule has 0 spiro atoms. The largest absolute Gasteiger partial charge is 0.508 e. The number of carbonyl (C=O) groups is 1. The summed E-state index contributed by atoms with van der Waals surface area (Å²) in [4.78, 5) is 10.8. The Hall–Kier alpha value is -1.56. The summed E-state index contributed by atoms with van der Waals surface area (Å²) in [5.74, 6) is -1.76. The monoisotopic (exact) mass is 258 g/mol. The molecule has 0 radical (unpaired) electrons. The van der Waals surface area contributed by atoms with Gasteiger partial charge in [-0.05, 0) is 24.1 Å². The molecule has 0 heterocycles. The zero-order chi connectivity index (χ0) is 13.1. The van der Waals surface area contributed by atoms with E-state index in [0.717, 1.165) is 0 Å². The van der Waals surface area contributed by atoms with E-state index in [-0.39, 0.29) is 17.9 Å². The van der Waals surface area contributed by atoms with Crippen molar-refractivity contribution in [2.75, 3.05) is 0 Å². The lowest BCUT2D eigenvalue weighted by Crippen LogP contribution is -2.30. The van der Waals surface area contributed by atoms with Crippen molar-refractivity contribution in [3.63, 3.8) is 0 Å². The SMILES string of the molecule is CCC(C(=O)O)S(=O)(=O)Cc1cccc(O)c1. The average molecular weight is 258 g/mol. The summed E-state index contributed by atoms with van der Waals surface area (Å²) in [6, 6.07) is 5.78. The van der Waals surface area contributed by atoms with Gasteiger partial charge in [0, 0.05) is 0 Å². The van der Waals surface area contributed by atoms with Crippen molar-refractivity contribution in [1.82, 2.24) is 0 Å². The molecule has 1 rings (SSSR count). The lowest BCUT2D eigenvalue weighted by Gasteiger charge is -2.11. The van der Waals surface area contributed by atoms with Crippen LogP contribution in [0.2, 0.25) is 0 Å². The molecular formula is C11H14O5S. The van der Waals surface area contributed by atoms with E-state index in [1.165, 1.54) is 31.2 Å². The number of carboxylic acid groups (broad SMARTS) is 1. The highest BCUT2D eigenvalue weighted by Crippen LogP contribution is 2.17. The number of phenolic OH excluding ortho intramolecular Hbond substituents is 1. The molecular weight excluding hydrogens is 244 g/mol. The van der Waals surface area contributed by atoms with Crippen LogP contribution < -0.4 is 0 Å². The van der Waals surface area contributed by atoms with Crippen LogP contribution in [-0.4, -0.2) is 29.9 Å². The standard InChI is InChI=1S/C11H14O5S/c1-2-10(11(13)14)17(15,16)7-8-4-3-5-9(12)6-8/h3-6,10,12H,2,7H2,1H3,(H,13,14). The van der Waals surface area contributed by atoms with Crippen LogP contribution in [0.25, 0.3) is 0 Å². The zero-order valence-electron chi connectivity index (χ0n) is 9.33. The van der Waals surface area contributed by atoms with Crippen LogP contribution in [0.1, 0.15) is 18.9 Å². The first-order valence-corrected chi connectivity index (χ1v) is 6.80. The highest BCUT2D eigenvalue weighted by atomic mass is 32.2. The zero-order valence-corrected chi connectivity index (χ0v) is 10.1. The van der Waals surface area contributed by atoms with E-state index in [1.807, 2.05) is 0 Å². The van der Waals surface area contributed by atoms with Gasteiger partial charge in [-0.3, -0.25) is 4.79 Å². The highest BCUT2D eigenvalue weighted by molar-refractivity contribution is 7.92. The van der Waals surface area contributed by atoms with Gasteiger partial charge in [0.05, 0.1) is 5.75 Å². The summed E-state index contributed by atoms with van der Waals surface area (Å²) in [5, 5.41) is 16.6. The summed E-state index contributed by atoms with van der Waals surface area (Å²) in [7, 11) is -3.75. The van der Waals surface area contributed by atoms with Gasteiger partial charge in [-0.1, -0.05) is 19.1 Å². The first-order chi connectivity index (χ1) is 7.86. The maximum Gasteiger partial charge on any atom is 0.321 e. The molecule has 0 saturated carbocycles.